The first-order chi connectivity index (χ1) is 14.9. The number of halogens is 2. The molecule has 7 heteroatoms. The van der Waals surface area contributed by atoms with E-state index in [-0.39, 0.29) is 12.1 Å². The van der Waals surface area contributed by atoms with Gasteiger partial charge in [-0.25, -0.2) is 9.99 Å². The molecule has 0 N–H and O–H groups in total. The third-order valence-corrected chi connectivity index (χ3v) is 4.90. The molecule has 0 aliphatic carbocycles. The summed E-state index contributed by atoms with van der Waals surface area (Å²) < 4.78 is 15.1. The fraction of sp³-hybridized carbons (Fsp3) is 0.208. The minimum Gasteiger partial charge on any atom is -0.304 e. The number of hydrogen-bond acceptors (Lipinski definition) is 4. The van der Waals surface area contributed by atoms with Crippen molar-refractivity contribution in [2.45, 2.75) is 20.0 Å². The quantitative estimate of drug-likeness (QED) is 0.222. The lowest BCUT2D eigenvalue weighted by Crippen LogP contribution is -2.20. The van der Waals surface area contributed by atoms with Gasteiger partial charge in [-0.05, 0) is 56.4 Å². The summed E-state index contributed by atoms with van der Waals surface area (Å²) in [5.41, 5.74) is 3.69. The molecule has 0 saturated carbocycles. The number of aromatic nitrogens is 1. The molecule has 0 radical (unpaired) electrons. The summed E-state index contributed by atoms with van der Waals surface area (Å²) in [5.74, 6) is -0.626. The molecule has 0 unspecified atom stereocenters. The highest BCUT2D eigenvalue weighted by Crippen LogP contribution is 2.19. The largest absolute Gasteiger partial charge is 0.304 e. The van der Waals surface area contributed by atoms with Crippen LogP contribution in [0, 0.1) is 12.9 Å². The van der Waals surface area contributed by atoms with Crippen LogP contribution in [0.15, 0.2) is 65.8 Å². The number of amides is 1. The number of benzene rings is 2. The van der Waals surface area contributed by atoms with Gasteiger partial charge in [0.1, 0.15) is 5.71 Å². The summed E-state index contributed by atoms with van der Waals surface area (Å²) in [6, 6.07) is 18.1. The van der Waals surface area contributed by atoms with E-state index in [4.69, 9.17) is 11.6 Å². The summed E-state index contributed by atoms with van der Waals surface area (Å²) in [6.45, 7) is 2.66. The molecule has 0 bridgehead atoms. The topological polar surface area (TPSA) is 48.8 Å². The van der Waals surface area contributed by atoms with Crippen LogP contribution >= 0.6 is 11.6 Å². The molecule has 3 rings (SSSR count). The zero-order chi connectivity index (χ0) is 22.4. The van der Waals surface area contributed by atoms with Crippen LogP contribution in [-0.2, 0) is 17.9 Å². The Morgan fingerprint density at radius 2 is 1.74 bits per heavy atom. The van der Waals surface area contributed by atoms with Gasteiger partial charge in [-0.15, -0.1) is 0 Å². The number of hydrogen-bond donors (Lipinski definition) is 0. The molecular weight excluding hydrogens is 415 g/mol. The van der Waals surface area contributed by atoms with Gasteiger partial charge >= 0.3 is 0 Å². The SMILES string of the molecule is Cc1ccccc1/C(=N\N(C=O)Cc1ccc(Cl)cc1)c1ccc(CN(C)C)nc1F. The second-order valence-corrected chi connectivity index (χ2v) is 7.91. The van der Waals surface area contributed by atoms with E-state index in [9.17, 15) is 4.79 Å². The lowest BCUT2D eigenvalue weighted by molar-refractivity contribution is -0.118. The Morgan fingerprint density at radius 3 is 2.35 bits per heavy atom. The minimum absolute atomic E-state index is 0.226. The molecule has 3 aromatic rings. The smallest absolute Gasteiger partial charge is 0.230 e. The van der Waals surface area contributed by atoms with Crippen LogP contribution in [0.4, 0.5) is 4.39 Å². The maximum absolute atomic E-state index is 15.1. The van der Waals surface area contributed by atoms with Crippen LogP contribution in [0.5, 0.6) is 0 Å². The Hall–Kier alpha value is -3.09. The molecule has 1 amide bonds. The van der Waals surface area contributed by atoms with Crippen molar-refractivity contribution in [1.29, 1.82) is 0 Å². The summed E-state index contributed by atoms with van der Waals surface area (Å²) in [4.78, 5) is 17.8. The van der Waals surface area contributed by atoms with E-state index in [0.717, 1.165) is 16.7 Å². The monoisotopic (exact) mass is 438 g/mol. The Balaban J connectivity index is 2.05. The van der Waals surface area contributed by atoms with Crippen molar-refractivity contribution >= 4 is 23.7 Å². The van der Waals surface area contributed by atoms with E-state index >= 15 is 4.39 Å². The molecule has 31 heavy (non-hydrogen) atoms. The second kappa shape index (κ2) is 10.3. The maximum atomic E-state index is 15.1. The standard InChI is InChI=1S/C24H24ClFN4O/c1-17-6-4-5-7-21(17)23(22-13-12-20(15-29(2)3)27-24(22)26)28-30(16-31)14-18-8-10-19(25)11-9-18/h4-13,16H,14-15H2,1-3H3/b28-23+. The highest BCUT2D eigenvalue weighted by atomic mass is 35.5. The Kier molecular flexibility index (Phi) is 7.50. The van der Waals surface area contributed by atoms with Gasteiger partial charge in [0.2, 0.25) is 12.4 Å². The summed E-state index contributed by atoms with van der Waals surface area (Å²) >= 11 is 5.94. The molecule has 0 aliphatic heterocycles. The van der Waals surface area contributed by atoms with Crippen LogP contribution in [0.25, 0.3) is 0 Å². The molecule has 2 aromatic carbocycles. The normalized spacial score (nSPS) is 11.6. The number of carbonyl (C=O) groups excluding carboxylic acids is 1. The van der Waals surface area contributed by atoms with Gasteiger partial charge in [-0.3, -0.25) is 4.79 Å². The second-order valence-electron chi connectivity index (χ2n) is 7.47. The van der Waals surface area contributed by atoms with Crippen LogP contribution < -0.4 is 0 Å². The van der Waals surface area contributed by atoms with Crippen molar-refractivity contribution < 1.29 is 9.18 Å². The zero-order valence-electron chi connectivity index (χ0n) is 17.7. The molecule has 0 fully saturated rings. The van der Waals surface area contributed by atoms with Gasteiger partial charge < -0.3 is 4.90 Å². The van der Waals surface area contributed by atoms with Gasteiger partial charge in [0.15, 0.2) is 0 Å². The fourth-order valence-electron chi connectivity index (χ4n) is 3.15. The van der Waals surface area contributed by atoms with Crippen molar-refractivity contribution in [3.8, 4) is 0 Å². The number of nitrogens with zero attached hydrogens (tertiary/aromatic N) is 4. The average Bonchev–Trinajstić information content (AvgIpc) is 2.73. The van der Waals surface area contributed by atoms with Gasteiger partial charge in [-0.1, -0.05) is 48.0 Å². The summed E-state index contributed by atoms with van der Waals surface area (Å²) in [7, 11) is 3.79. The molecule has 0 atom stereocenters. The van der Waals surface area contributed by atoms with Crippen LogP contribution in [-0.4, -0.2) is 41.1 Å². The first-order valence-electron chi connectivity index (χ1n) is 9.79. The van der Waals surface area contributed by atoms with Crippen molar-refractivity contribution in [1.82, 2.24) is 14.9 Å². The lowest BCUT2D eigenvalue weighted by Gasteiger charge is -2.17. The van der Waals surface area contributed by atoms with E-state index in [1.165, 1.54) is 5.01 Å². The van der Waals surface area contributed by atoms with Crippen molar-refractivity contribution in [2.24, 2.45) is 5.10 Å². The highest BCUT2D eigenvalue weighted by molar-refractivity contribution is 6.30. The summed E-state index contributed by atoms with van der Waals surface area (Å²) in [6.07, 6.45) is 0.624. The van der Waals surface area contributed by atoms with Gasteiger partial charge in [0.25, 0.3) is 0 Å². The lowest BCUT2D eigenvalue weighted by atomic mass is 9.99. The minimum atomic E-state index is -0.626. The van der Waals surface area contributed by atoms with Crippen molar-refractivity contribution in [2.75, 3.05) is 14.1 Å². The molecule has 1 heterocycles. The predicted molar refractivity (Wildman–Crippen MR) is 121 cm³/mol. The number of hydrazone groups is 1. The molecule has 0 saturated heterocycles. The third-order valence-electron chi connectivity index (χ3n) is 4.65. The van der Waals surface area contributed by atoms with Gasteiger partial charge in [0.05, 0.1) is 17.8 Å². The number of pyridine rings is 1. The van der Waals surface area contributed by atoms with E-state index in [1.54, 1.807) is 24.3 Å². The van der Waals surface area contributed by atoms with Gasteiger partial charge in [-0.2, -0.15) is 9.49 Å². The fourth-order valence-corrected chi connectivity index (χ4v) is 3.28. The molecule has 0 spiro atoms. The summed E-state index contributed by atoms with van der Waals surface area (Å²) in [5, 5.41) is 6.38. The molecule has 0 aliphatic rings. The molecular formula is C24H24ClFN4O. The first-order valence-corrected chi connectivity index (χ1v) is 10.2. The molecule has 160 valence electrons. The Labute approximate surface area is 186 Å². The van der Waals surface area contributed by atoms with Gasteiger partial charge in [0, 0.05) is 17.1 Å². The van der Waals surface area contributed by atoms with Crippen molar-refractivity contribution in [3.63, 3.8) is 0 Å². The predicted octanol–water partition coefficient (Wildman–Crippen LogP) is 4.66. The van der Waals surface area contributed by atoms with E-state index in [2.05, 4.69) is 10.1 Å². The maximum Gasteiger partial charge on any atom is 0.230 e. The van der Waals surface area contributed by atoms with E-state index < -0.39 is 5.95 Å². The van der Waals surface area contributed by atoms with E-state index in [0.29, 0.717) is 29.4 Å². The Morgan fingerprint density at radius 1 is 1.03 bits per heavy atom. The number of carbonyl (C=O) groups is 1. The highest BCUT2D eigenvalue weighted by Gasteiger charge is 2.18. The Bertz CT molecular complexity index is 1080. The van der Waals surface area contributed by atoms with E-state index in [1.807, 2.05) is 62.3 Å². The molecule has 5 nitrogen and oxygen atoms in total. The third kappa shape index (κ3) is 5.96. The van der Waals surface area contributed by atoms with Crippen molar-refractivity contribution in [3.05, 3.63) is 99.6 Å². The average molecular weight is 439 g/mol. The van der Waals surface area contributed by atoms with Crippen LogP contribution in [0.2, 0.25) is 5.02 Å². The first kappa shape index (κ1) is 22.6. The number of aryl methyl sites for hydroxylation is 1. The van der Waals surface area contributed by atoms with Crippen LogP contribution in [0.1, 0.15) is 27.9 Å². The number of rotatable bonds is 8. The molecule has 1 aromatic heterocycles. The zero-order valence-corrected chi connectivity index (χ0v) is 18.5. The van der Waals surface area contributed by atoms with Crippen LogP contribution in [0.3, 0.4) is 0 Å².